The van der Waals surface area contributed by atoms with Gasteiger partial charge in [0.1, 0.15) is 12.2 Å². The number of nitrogens with one attached hydrogen (secondary N) is 5. The monoisotopic (exact) mass is 871 g/mol. The fourth-order valence-corrected chi connectivity index (χ4v) is 11.0. The number of esters is 2. The molecule has 4 aliphatic rings. The molecule has 0 aliphatic heterocycles. The summed E-state index contributed by atoms with van der Waals surface area (Å²) >= 11 is 0. The lowest BCUT2D eigenvalue weighted by Gasteiger charge is -2.36. The van der Waals surface area contributed by atoms with Crippen molar-refractivity contribution in [3.63, 3.8) is 0 Å². The average molecular weight is 872 g/mol. The van der Waals surface area contributed by atoms with Crippen LogP contribution in [0.15, 0.2) is 60.9 Å². The van der Waals surface area contributed by atoms with Crippen LogP contribution in [0.4, 0.5) is 0 Å². The number of amides is 4. The van der Waals surface area contributed by atoms with Gasteiger partial charge in [0, 0.05) is 59.1 Å². The summed E-state index contributed by atoms with van der Waals surface area (Å²) in [5.74, 6) is -7.72. The molecule has 2 aromatic carbocycles. The van der Waals surface area contributed by atoms with Gasteiger partial charge >= 0.3 is 11.9 Å². The topological polar surface area (TPSA) is 195 Å². The van der Waals surface area contributed by atoms with Crippen molar-refractivity contribution < 1.29 is 38.2 Å². The number of hydrogen-bond acceptors (Lipinski definition) is 10. The number of aromatic amines is 2. The number of imide groups is 1. The normalized spacial score (nSPS) is 27.1. The van der Waals surface area contributed by atoms with E-state index in [2.05, 4.69) is 25.9 Å². The van der Waals surface area contributed by atoms with E-state index in [1.807, 2.05) is 86.5 Å². The van der Waals surface area contributed by atoms with Crippen LogP contribution in [0, 0.1) is 47.3 Å². The molecule has 8 rings (SSSR count). The lowest BCUT2D eigenvalue weighted by Crippen LogP contribution is -2.53. The van der Waals surface area contributed by atoms with E-state index < -0.39 is 71.5 Å². The third kappa shape index (κ3) is 8.98. The Bertz CT molecular complexity index is 2150. The van der Waals surface area contributed by atoms with Crippen molar-refractivity contribution in [3.05, 3.63) is 72.1 Å². The van der Waals surface area contributed by atoms with Crippen molar-refractivity contribution >= 4 is 69.8 Å². The molecule has 10 atom stereocenters. The average Bonchev–Trinajstić information content (AvgIpc) is 4.10. The van der Waals surface area contributed by atoms with E-state index in [-0.39, 0.29) is 36.1 Å². The van der Waals surface area contributed by atoms with Crippen molar-refractivity contribution in [1.82, 2.24) is 35.7 Å². The lowest BCUT2D eigenvalue weighted by molar-refractivity contribution is -0.147. The Balaban J connectivity index is 0.00000578. The summed E-state index contributed by atoms with van der Waals surface area (Å²) < 4.78 is 12.3. The second kappa shape index (κ2) is 19.0. The van der Waals surface area contributed by atoms with Crippen LogP contribution < -0.4 is 16.0 Å². The Kier molecular flexibility index (Phi) is 13.7. The van der Waals surface area contributed by atoms with Gasteiger partial charge in [-0.3, -0.25) is 24.5 Å². The molecule has 16 heteroatoms. The first kappa shape index (κ1) is 44.8. The highest BCUT2D eigenvalue weighted by Crippen LogP contribution is 2.56. The number of para-hydroxylation sites is 2. The molecule has 10 unspecified atom stereocenters. The first-order valence-electron chi connectivity index (χ1n) is 21.6. The number of carbonyl (C=O) groups is 6. The zero-order valence-corrected chi connectivity index (χ0v) is 36.5. The number of aromatic nitrogens is 2. The van der Waals surface area contributed by atoms with Gasteiger partial charge in [0.2, 0.25) is 23.6 Å². The van der Waals surface area contributed by atoms with Crippen LogP contribution in [0.1, 0.15) is 59.2 Å². The summed E-state index contributed by atoms with van der Waals surface area (Å²) in [7, 11) is 7.83. The first-order chi connectivity index (χ1) is 29.4. The quantitative estimate of drug-likeness (QED) is 0.0621. The number of H-pyrrole nitrogens is 2. The third-order valence-corrected chi connectivity index (χ3v) is 13.6. The number of fused-ring (bicyclic) bond motifs is 6. The van der Waals surface area contributed by atoms with Gasteiger partial charge in [-0.25, -0.2) is 9.59 Å². The number of halogens is 1. The van der Waals surface area contributed by atoms with Crippen molar-refractivity contribution in [1.29, 1.82) is 0 Å². The predicted molar refractivity (Wildman–Crippen MR) is 234 cm³/mol. The van der Waals surface area contributed by atoms with Crippen LogP contribution in [0.5, 0.6) is 0 Å². The van der Waals surface area contributed by atoms with Gasteiger partial charge in [-0.05, 0) is 104 Å². The zero-order chi connectivity index (χ0) is 42.9. The molecule has 0 spiro atoms. The Hall–Kier alpha value is -5.25. The van der Waals surface area contributed by atoms with E-state index >= 15 is 0 Å². The minimum Gasteiger partial charge on any atom is -0.458 e. The maximum absolute atomic E-state index is 14.6. The second-order valence-corrected chi connectivity index (χ2v) is 18.0. The molecule has 4 bridgehead atoms. The van der Waals surface area contributed by atoms with E-state index in [0.717, 1.165) is 34.9 Å². The maximum atomic E-state index is 14.6. The third-order valence-electron chi connectivity index (χ3n) is 13.6. The highest BCUT2D eigenvalue weighted by atomic mass is 35.5. The first-order valence-corrected chi connectivity index (χ1v) is 21.6. The molecule has 4 aliphatic carbocycles. The smallest absolute Gasteiger partial charge is 0.340 e. The summed E-state index contributed by atoms with van der Waals surface area (Å²) in [6.07, 6.45) is 5.15. The molecule has 5 N–H and O–H groups in total. The number of rotatable bonds is 16. The minimum atomic E-state index is -0.954. The van der Waals surface area contributed by atoms with Crippen molar-refractivity contribution in [3.8, 4) is 0 Å². The van der Waals surface area contributed by atoms with Crippen LogP contribution in [-0.4, -0.2) is 122 Å². The van der Waals surface area contributed by atoms with E-state index in [9.17, 15) is 28.8 Å². The lowest BCUT2D eigenvalue weighted by atomic mass is 9.75. The zero-order valence-electron chi connectivity index (χ0n) is 35.7. The molecule has 332 valence electrons. The van der Waals surface area contributed by atoms with Crippen LogP contribution in [0.3, 0.4) is 0 Å². The molecule has 4 aromatic rings. The molecule has 2 aromatic heterocycles. The Morgan fingerprint density at radius 1 is 0.581 bits per heavy atom. The van der Waals surface area contributed by atoms with E-state index in [1.165, 1.54) is 0 Å². The van der Waals surface area contributed by atoms with Crippen molar-refractivity contribution in [2.24, 2.45) is 47.3 Å². The second-order valence-electron chi connectivity index (χ2n) is 18.0. The molecule has 0 radical (unpaired) electrons. The summed E-state index contributed by atoms with van der Waals surface area (Å²) in [5.41, 5.74) is 2.35. The Labute approximate surface area is 367 Å². The molecule has 4 fully saturated rings. The Morgan fingerprint density at radius 3 is 1.39 bits per heavy atom. The van der Waals surface area contributed by atoms with Gasteiger partial charge in [0.05, 0.1) is 34.8 Å². The molecular formula is C46H58ClN7O8. The molecule has 2 heterocycles. The summed E-state index contributed by atoms with van der Waals surface area (Å²) in [4.78, 5) is 94.6. The fourth-order valence-electron chi connectivity index (χ4n) is 11.0. The molecule has 62 heavy (non-hydrogen) atoms. The van der Waals surface area contributed by atoms with E-state index in [4.69, 9.17) is 9.47 Å². The SMILES string of the molecule is CN(C)CCCNC(=O)C1C2CC(OC(=O)c3c[nH]c4ccccc34)C(C2)C1C(=O)NC(=O)C1C2CC(CC2OC(=O)c2c[nH]c3ccccc23)C1C(=O)NCCCN(C)C.Cl. The number of nitrogens with zero attached hydrogens (tertiary/aromatic N) is 2. The largest absolute Gasteiger partial charge is 0.458 e. The van der Waals surface area contributed by atoms with Crippen molar-refractivity contribution in [2.45, 2.75) is 50.7 Å². The highest BCUT2D eigenvalue weighted by molar-refractivity contribution is 6.05. The predicted octanol–water partition coefficient (Wildman–Crippen LogP) is 4.15. The molecule has 15 nitrogen and oxygen atoms in total. The number of carbonyl (C=O) groups excluding carboxylic acids is 6. The van der Waals surface area contributed by atoms with E-state index in [0.29, 0.717) is 62.7 Å². The number of hydrogen-bond donors (Lipinski definition) is 5. The van der Waals surface area contributed by atoms with Gasteiger partial charge in [-0.1, -0.05) is 36.4 Å². The highest BCUT2D eigenvalue weighted by Gasteiger charge is 2.62. The summed E-state index contributed by atoms with van der Waals surface area (Å²) in [6, 6.07) is 14.8. The van der Waals surface area contributed by atoms with E-state index in [1.54, 1.807) is 12.4 Å². The fraction of sp³-hybridized carbons (Fsp3) is 0.522. The van der Waals surface area contributed by atoms with Crippen LogP contribution in [0.25, 0.3) is 21.8 Å². The number of benzene rings is 2. The van der Waals surface area contributed by atoms with Gasteiger partial charge in [-0.15, -0.1) is 12.4 Å². The van der Waals surface area contributed by atoms with Gasteiger partial charge in [0.15, 0.2) is 0 Å². The number of ether oxygens (including phenoxy) is 2. The Morgan fingerprint density at radius 2 is 0.984 bits per heavy atom. The van der Waals surface area contributed by atoms with Crippen LogP contribution >= 0.6 is 12.4 Å². The van der Waals surface area contributed by atoms with Crippen LogP contribution in [-0.2, 0) is 28.7 Å². The molecule has 0 saturated heterocycles. The van der Waals surface area contributed by atoms with Crippen molar-refractivity contribution in [2.75, 3.05) is 54.4 Å². The minimum absolute atomic E-state index is 0. The summed E-state index contributed by atoms with van der Waals surface area (Å²) in [6.45, 7) is 2.39. The standard InChI is InChI=1S/C46H57N7O8.ClH/c1-52(2)17-9-15-47-41(54)37-25-19-29(35(21-25)60-45(58)31-23-49-33-13-7-5-11-27(31)33)39(37)43(56)51-44(57)40-30-20-26(38(40)42(55)48-16-10-18-53(3)4)22-36(30)61-46(59)32-24-50-34-14-8-6-12-28(32)34;/h5-8,11-14,23-26,29-30,35-40,49-50H,9-10,15-22H2,1-4H3,(H,47,54)(H,48,55)(H,51,56,57);1H. The maximum Gasteiger partial charge on any atom is 0.340 e. The summed E-state index contributed by atoms with van der Waals surface area (Å²) in [5, 5.41) is 10.2. The molecule has 4 amide bonds. The van der Waals surface area contributed by atoms with Gasteiger partial charge in [0.25, 0.3) is 0 Å². The van der Waals surface area contributed by atoms with Gasteiger partial charge in [-0.2, -0.15) is 0 Å². The molecular weight excluding hydrogens is 814 g/mol. The molecule has 4 saturated carbocycles. The van der Waals surface area contributed by atoms with Crippen LogP contribution in [0.2, 0.25) is 0 Å². The van der Waals surface area contributed by atoms with Gasteiger partial charge < -0.3 is 39.9 Å².